The summed E-state index contributed by atoms with van der Waals surface area (Å²) in [5.41, 5.74) is 13.7. The first-order chi connectivity index (χ1) is 21.1. The van der Waals surface area contributed by atoms with E-state index in [4.69, 9.17) is 11.5 Å². The number of carboxylic acid groups (broad SMARTS) is 2. The molecule has 2 aromatic carbocycles. The smallest absolute Gasteiger partial charge is 0.326 e. The molecule has 0 bridgehead atoms. The molecule has 0 aliphatic carbocycles. The van der Waals surface area contributed by atoms with Gasteiger partial charge in [-0.3, -0.25) is 19.2 Å². The number of fused-ring (bicyclic) bond motifs is 1. The van der Waals surface area contributed by atoms with Gasteiger partial charge in [0, 0.05) is 36.4 Å². The van der Waals surface area contributed by atoms with Crippen molar-refractivity contribution in [1.82, 2.24) is 20.9 Å². The number of para-hydroxylation sites is 1. The van der Waals surface area contributed by atoms with Crippen LogP contribution >= 0.6 is 0 Å². The molecule has 3 amide bonds. The molecule has 1 aromatic heterocycles. The monoisotopic (exact) mass is 608 g/mol. The summed E-state index contributed by atoms with van der Waals surface area (Å²) in [5, 5.41) is 27.6. The van der Waals surface area contributed by atoms with Crippen LogP contribution in [-0.2, 0) is 36.8 Å². The summed E-state index contributed by atoms with van der Waals surface area (Å²) in [6.07, 6.45) is 2.57. The molecule has 3 rings (SSSR count). The topological polar surface area (TPSA) is 230 Å². The average molecular weight is 609 g/mol. The largest absolute Gasteiger partial charge is 0.481 e. The van der Waals surface area contributed by atoms with Gasteiger partial charge in [0.2, 0.25) is 17.7 Å². The number of carboxylic acids is 2. The number of amides is 3. The molecule has 0 saturated carbocycles. The standard InChI is InChI=1S/C31H40N6O7/c32-15-7-6-11-22(33)28(40)36-25(16-19-8-2-1-3-9-19)30(42)35-24(13-14-27(38)39)29(41)37-26(31(43)44)17-20-18-34-23-12-5-4-10-21(20)23/h1-5,8-10,12,18,22,24-26,34H,6-7,11,13-17,32-33H2,(H,35,42)(H,36,40)(H,37,41)(H,38,39)(H,43,44). The Bertz CT molecular complexity index is 1430. The summed E-state index contributed by atoms with van der Waals surface area (Å²) in [5.74, 6) is -4.68. The molecule has 4 atom stereocenters. The minimum absolute atomic E-state index is 0.0561. The molecule has 10 N–H and O–H groups in total. The number of hydrogen-bond donors (Lipinski definition) is 8. The zero-order valence-electron chi connectivity index (χ0n) is 24.3. The maximum atomic E-state index is 13.5. The van der Waals surface area contributed by atoms with E-state index in [2.05, 4.69) is 20.9 Å². The predicted octanol–water partition coefficient (Wildman–Crippen LogP) is 0.813. The summed E-state index contributed by atoms with van der Waals surface area (Å²) in [4.78, 5) is 66.3. The molecule has 13 nitrogen and oxygen atoms in total. The number of carbonyl (C=O) groups is 5. The number of H-pyrrole nitrogens is 1. The third-order valence-corrected chi connectivity index (χ3v) is 7.22. The highest BCUT2D eigenvalue weighted by molar-refractivity contribution is 5.94. The fourth-order valence-corrected chi connectivity index (χ4v) is 4.78. The number of unbranched alkanes of at least 4 members (excludes halogenated alkanes) is 1. The highest BCUT2D eigenvalue weighted by Crippen LogP contribution is 2.19. The summed E-state index contributed by atoms with van der Waals surface area (Å²) in [7, 11) is 0. The van der Waals surface area contributed by atoms with Crippen molar-refractivity contribution in [2.45, 2.75) is 69.1 Å². The first-order valence-corrected chi connectivity index (χ1v) is 14.5. The van der Waals surface area contributed by atoms with Gasteiger partial charge in [0.25, 0.3) is 0 Å². The van der Waals surface area contributed by atoms with E-state index >= 15 is 0 Å². The van der Waals surface area contributed by atoms with Gasteiger partial charge in [-0.2, -0.15) is 0 Å². The molecule has 44 heavy (non-hydrogen) atoms. The van der Waals surface area contributed by atoms with Crippen molar-refractivity contribution in [1.29, 1.82) is 0 Å². The van der Waals surface area contributed by atoms with Gasteiger partial charge in [-0.1, -0.05) is 55.0 Å². The summed E-state index contributed by atoms with van der Waals surface area (Å²) < 4.78 is 0. The zero-order valence-corrected chi connectivity index (χ0v) is 24.3. The van der Waals surface area contributed by atoms with Crippen molar-refractivity contribution in [3.05, 3.63) is 71.9 Å². The number of rotatable bonds is 18. The van der Waals surface area contributed by atoms with Gasteiger partial charge in [0.1, 0.15) is 18.1 Å². The van der Waals surface area contributed by atoms with Crippen molar-refractivity contribution in [2.75, 3.05) is 6.54 Å². The molecule has 4 unspecified atom stereocenters. The molecule has 0 spiro atoms. The maximum Gasteiger partial charge on any atom is 0.326 e. The van der Waals surface area contributed by atoms with Crippen LogP contribution in [0.15, 0.2) is 60.8 Å². The van der Waals surface area contributed by atoms with E-state index < -0.39 is 60.2 Å². The van der Waals surface area contributed by atoms with Gasteiger partial charge in [-0.05, 0) is 43.0 Å². The van der Waals surface area contributed by atoms with Crippen LogP contribution in [0.5, 0.6) is 0 Å². The second kappa shape index (κ2) is 16.8. The number of carbonyl (C=O) groups excluding carboxylic acids is 3. The third-order valence-electron chi connectivity index (χ3n) is 7.22. The lowest BCUT2D eigenvalue weighted by Crippen LogP contribution is -2.57. The first-order valence-electron chi connectivity index (χ1n) is 14.5. The third kappa shape index (κ3) is 10.2. The van der Waals surface area contributed by atoms with Gasteiger partial charge in [-0.15, -0.1) is 0 Å². The van der Waals surface area contributed by atoms with Gasteiger partial charge >= 0.3 is 11.9 Å². The lowest BCUT2D eigenvalue weighted by atomic mass is 10.0. The van der Waals surface area contributed by atoms with Crippen LogP contribution in [0.4, 0.5) is 0 Å². The van der Waals surface area contributed by atoms with Crippen LogP contribution in [0, 0.1) is 0 Å². The fraction of sp³-hybridized carbons (Fsp3) is 0.387. The number of nitrogens with two attached hydrogens (primary N) is 2. The van der Waals surface area contributed by atoms with E-state index in [0.29, 0.717) is 31.4 Å². The molecule has 0 saturated heterocycles. The number of hydrogen-bond acceptors (Lipinski definition) is 7. The summed E-state index contributed by atoms with van der Waals surface area (Å²) in [6, 6.07) is 11.4. The van der Waals surface area contributed by atoms with E-state index in [1.54, 1.807) is 36.5 Å². The van der Waals surface area contributed by atoms with Crippen molar-refractivity contribution in [2.24, 2.45) is 11.5 Å². The molecule has 236 valence electrons. The predicted molar refractivity (Wildman–Crippen MR) is 163 cm³/mol. The van der Waals surface area contributed by atoms with Crippen LogP contribution < -0.4 is 27.4 Å². The SMILES string of the molecule is NCCCCC(N)C(=O)NC(Cc1ccccc1)C(=O)NC(CCC(=O)O)C(=O)NC(Cc1c[nH]c2ccccc12)C(=O)O. The Morgan fingerprint density at radius 1 is 0.750 bits per heavy atom. The molecule has 13 heteroatoms. The Hall–Kier alpha value is -4.75. The molecule has 3 aromatic rings. The fourth-order valence-electron chi connectivity index (χ4n) is 4.78. The minimum Gasteiger partial charge on any atom is -0.481 e. The average Bonchev–Trinajstić information content (AvgIpc) is 3.41. The van der Waals surface area contributed by atoms with Gasteiger partial charge in [-0.25, -0.2) is 4.79 Å². The van der Waals surface area contributed by atoms with Crippen LogP contribution in [0.1, 0.15) is 43.2 Å². The maximum absolute atomic E-state index is 13.5. The molecule has 0 aliphatic heterocycles. The molecule has 1 heterocycles. The lowest BCUT2D eigenvalue weighted by Gasteiger charge is -2.25. The normalized spacial score (nSPS) is 13.8. The van der Waals surface area contributed by atoms with E-state index in [9.17, 15) is 34.2 Å². The highest BCUT2D eigenvalue weighted by Gasteiger charge is 2.31. The number of nitrogens with one attached hydrogen (secondary N) is 4. The molecule has 0 fully saturated rings. The lowest BCUT2D eigenvalue weighted by molar-refractivity contribution is -0.143. The molecular weight excluding hydrogens is 568 g/mol. The second-order valence-electron chi connectivity index (χ2n) is 10.6. The number of benzene rings is 2. The van der Waals surface area contributed by atoms with Crippen LogP contribution in [0.25, 0.3) is 10.9 Å². The summed E-state index contributed by atoms with van der Waals surface area (Å²) in [6.45, 7) is 0.456. The van der Waals surface area contributed by atoms with E-state index in [1.165, 1.54) is 0 Å². The van der Waals surface area contributed by atoms with Crippen molar-refractivity contribution in [3.8, 4) is 0 Å². The van der Waals surface area contributed by atoms with E-state index in [0.717, 1.165) is 16.5 Å². The Morgan fingerprint density at radius 2 is 1.39 bits per heavy atom. The van der Waals surface area contributed by atoms with Gasteiger partial charge < -0.3 is 42.6 Å². The first kappa shape index (κ1) is 33.7. The minimum atomic E-state index is -1.39. The van der Waals surface area contributed by atoms with Crippen molar-refractivity contribution in [3.63, 3.8) is 0 Å². The van der Waals surface area contributed by atoms with Gasteiger partial charge in [0.05, 0.1) is 6.04 Å². The zero-order chi connectivity index (χ0) is 32.1. The Labute approximate surface area is 254 Å². The Kier molecular flexibility index (Phi) is 12.9. The summed E-state index contributed by atoms with van der Waals surface area (Å²) >= 11 is 0. The van der Waals surface area contributed by atoms with E-state index in [1.807, 2.05) is 24.3 Å². The molecule has 0 aliphatic rings. The van der Waals surface area contributed by atoms with E-state index in [-0.39, 0.29) is 19.3 Å². The number of aromatic nitrogens is 1. The van der Waals surface area contributed by atoms with Crippen molar-refractivity contribution >= 4 is 40.6 Å². The Balaban J connectivity index is 1.77. The van der Waals surface area contributed by atoms with Crippen LogP contribution in [-0.4, -0.2) is 75.6 Å². The van der Waals surface area contributed by atoms with Gasteiger partial charge in [0.15, 0.2) is 0 Å². The van der Waals surface area contributed by atoms with Crippen LogP contribution in [0.3, 0.4) is 0 Å². The quantitative estimate of drug-likeness (QED) is 0.0954. The number of aromatic amines is 1. The second-order valence-corrected chi connectivity index (χ2v) is 10.6. The number of aliphatic carboxylic acids is 2. The Morgan fingerprint density at radius 3 is 2.07 bits per heavy atom. The van der Waals surface area contributed by atoms with Crippen molar-refractivity contribution < 1.29 is 34.2 Å². The molecular formula is C31H40N6O7. The molecule has 0 radical (unpaired) electrons. The highest BCUT2D eigenvalue weighted by atomic mass is 16.4. The van der Waals surface area contributed by atoms with Crippen LogP contribution in [0.2, 0.25) is 0 Å².